The lowest BCUT2D eigenvalue weighted by atomic mass is 10.3. The number of primary amides is 1. The summed E-state index contributed by atoms with van der Waals surface area (Å²) < 4.78 is 0. The fourth-order valence-electron chi connectivity index (χ4n) is 1.09. The van der Waals surface area contributed by atoms with Gasteiger partial charge in [-0.15, -0.1) is 0 Å². The van der Waals surface area contributed by atoms with Gasteiger partial charge in [-0.2, -0.15) is 0 Å². The van der Waals surface area contributed by atoms with Crippen LogP contribution in [0.25, 0.3) is 0 Å². The van der Waals surface area contributed by atoms with Gasteiger partial charge in [0.2, 0.25) is 5.91 Å². The minimum absolute atomic E-state index is 0.252. The Balaban J connectivity index is 3.18. The number of anilines is 1. The predicted molar refractivity (Wildman–Crippen MR) is 59.2 cm³/mol. The van der Waals surface area contributed by atoms with Gasteiger partial charge in [0, 0.05) is 6.92 Å². The first-order chi connectivity index (χ1) is 6.93. The summed E-state index contributed by atoms with van der Waals surface area (Å²) in [6.45, 7) is 1.23. The highest BCUT2D eigenvalue weighted by Crippen LogP contribution is 2.27. The minimum atomic E-state index is -0.860. The Hall–Kier alpha value is -1.26. The van der Waals surface area contributed by atoms with Crippen molar-refractivity contribution in [3.63, 3.8) is 0 Å². The Morgan fingerprint density at radius 1 is 1.27 bits per heavy atom. The first kappa shape index (κ1) is 11.8. The van der Waals surface area contributed by atoms with Crippen LogP contribution in [0.1, 0.15) is 6.92 Å². The van der Waals surface area contributed by atoms with Gasteiger partial charge in [-0.3, -0.25) is 4.79 Å². The number of carbonyl (C=O) groups is 2. The van der Waals surface area contributed by atoms with E-state index < -0.39 is 11.9 Å². The van der Waals surface area contributed by atoms with E-state index in [0.717, 1.165) is 4.90 Å². The van der Waals surface area contributed by atoms with Crippen LogP contribution in [0.15, 0.2) is 18.2 Å². The molecular formula is C9H8Cl2N2O2. The van der Waals surface area contributed by atoms with E-state index in [1.54, 1.807) is 0 Å². The molecule has 0 radical (unpaired) electrons. The summed E-state index contributed by atoms with van der Waals surface area (Å²) in [5.74, 6) is -0.485. The SMILES string of the molecule is CC(=O)N(C(N)=O)c1ccc(Cl)c(Cl)c1. The Kier molecular flexibility index (Phi) is 3.55. The smallest absolute Gasteiger partial charge is 0.326 e. The van der Waals surface area contributed by atoms with Crippen molar-refractivity contribution in [2.75, 3.05) is 4.90 Å². The van der Waals surface area contributed by atoms with Crippen LogP contribution in [-0.4, -0.2) is 11.9 Å². The number of carbonyl (C=O) groups excluding carboxylic acids is 2. The quantitative estimate of drug-likeness (QED) is 0.828. The molecule has 3 amide bonds. The van der Waals surface area contributed by atoms with Crippen molar-refractivity contribution in [2.24, 2.45) is 5.73 Å². The van der Waals surface area contributed by atoms with Gasteiger partial charge in [-0.05, 0) is 18.2 Å². The van der Waals surface area contributed by atoms with E-state index in [2.05, 4.69) is 0 Å². The van der Waals surface area contributed by atoms with Crippen LogP contribution >= 0.6 is 23.2 Å². The Labute approximate surface area is 96.6 Å². The van der Waals surface area contributed by atoms with E-state index in [9.17, 15) is 9.59 Å². The third-order valence-corrected chi connectivity index (χ3v) is 2.44. The van der Waals surface area contributed by atoms with Crippen LogP contribution < -0.4 is 10.6 Å². The number of hydrogen-bond donors (Lipinski definition) is 1. The van der Waals surface area contributed by atoms with Crippen LogP contribution in [0.3, 0.4) is 0 Å². The molecule has 1 rings (SSSR count). The number of urea groups is 1. The van der Waals surface area contributed by atoms with Crippen molar-refractivity contribution in [1.29, 1.82) is 0 Å². The molecule has 1 aromatic rings. The molecule has 0 saturated carbocycles. The Morgan fingerprint density at radius 2 is 1.87 bits per heavy atom. The van der Waals surface area contributed by atoms with Crippen LogP contribution in [0.5, 0.6) is 0 Å². The monoisotopic (exact) mass is 246 g/mol. The Bertz CT molecular complexity index is 407. The van der Waals surface area contributed by atoms with Gasteiger partial charge in [-0.1, -0.05) is 23.2 Å². The van der Waals surface area contributed by atoms with Crippen molar-refractivity contribution in [3.8, 4) is 0 Å². The molecule has 6 heteroatoms. The lowest BCUT2D eigenvalue weighted by Gasteiger charge is -2.16. The van der Waals surface area contributed by atoms with Gasteiger partial charge in [0.05, 0.1) is 15.7 Å². The second kappa shape index (κ2) is 4.51. The maximum absolute atomic E-state index is 11.1. The number of nitrogens with zero attached hydrogens (tertiary/aromatic N) is 1. The molecule has 80 valence electrons. The predicted octanol–water partition coefficient (Wildman–Crippen LogP) is 2.43. The first-order valence-corrected chi connectivity index (χ1v) is 4.74. The molecule has 0 atom stereocenters. The largest absolute Gasteiger partial charge is 0.351 e. The zero-order valence-electron chi connectivity index (χ0n) is 7.83. The summed E-state index contributed by atoms with van der Waals surface area (Å²) in [4.78, 5) is 22.9. The summed E-state index contributed by atoms with van der Waals surface area (Å²) >= 11 is 11.4. The molecule has 0 aliphatic rings. The van der Waals surface area contributed by atoms with Crippen LogP contribution in [0.4, 0.5) is 10.5 Å². The summed E-state index contributed by atoms with van der Waals surface area (Å²) in [6, 6.07) is 3.51. The van der Waals surface area contributed by atoms with Crippen molar-refractivity contribution in [3.05, 3.63) is 28.2 Å². The molecule has 0 fully saturated rings. The van der Waals surface area contributed by atoms with Crippen molar-refractivity contribution in [2.45, 2.75) is 6.92 Å². The molecule has 15 heavy (non-hydrogen) atoms. The number of nitrogens with two attached hydrogens (primary N) is 1. The number of amides is 3. The van der Waals surface area contributed by atoms with Gasteiger partial charge in [-0.25, -0.2) is 9.69 Å². The second-order valence-corrected chi connectivity index (χ2v) is 3.61. The summed E-state index contributed by atoms with van der Waals surface area (Å²) in [7, 11) is 0. The molecule has 0 heterocycles. The van der Waals surface area contributed by atoms with E-state index in [4.69, 9.17) is 28.9 Å². The topological polar surface area (TPSA) is 63.4 Å². The fourth-order valence-corrected chi connectivity index (χ4v) is 1.38. The summed E-state index contributed by atoms with van der Waals surface area (Å²) in [6.07, 6.45) is 0. The van der Waals surface area contributed by atoms with Gasteiger partial charge >= 0.3 is 6.03 Å². The lowest BCUT2D eigenvalue weighted by molar-refractivity contribution is -0.115. The highest BCUT2D eigenvalue weighted by atomic mass is 35.5. The molecule has 0 saturated heterocycles. The van der Waals surface area contributed by atoms with Gasteiger partial charge in [0.1, 0.15) is 0 Å². The van der Waals surface area contributed by atoms with Crippen molar-refractivity contribution < 1.29 is 9.59 Å². The number of halogens is 2. The minimum Gasteiger partial charge on any atom is -0.351 e. The van der Waals surface area contributed by atoms with Crippen molar-refractivity contribution in [1.82, 2.24) is 0 Å². The highest BCUT2D eigenvalue weighted by Gasteiger charge is 2.17. The van der Waals surface area contributed by atoms with Crippen molar-refractivity contribution >= 4 is 40.8 Å². The average molecular weight is 247 g/mol. The zero-order chi connectivity index (χ0) is 11.6. The molecule has 0 aromatic heterocycles. The molecule has 0 unspecified atom stereocenters. The maximum Gasteiger partial charge on any atom is 0.326 e. The number of hydrogen-bond acceptors (Lipinski definition) is 2. The van der Waals surface area contributed by atoms with E-state index in [0.29, 0.717) is 10.7 Å². The van der Waals surface area contributed by atoms with Crippen LogP contribution in [0, 0.1) is 0 Å². The normalized spacial score (nSPS) is 9.80. The lowest BCUT2D eigenvalue weighted by Crippen LogP contribution is -2.39. The third kappa shape index (κ3) is 2.61. The number of rotatable bonds is 1. The molecule has 0 bridgehead atoms. The molecular weight excluding hydrogens is 239 g/mol. The molecule has 0 aliphatic heterocycles. The summed E-state index contributed by atoms with van der Waals surface area (Å²) in [5, 5.41) is 0.593. The standard InChI is InChI=1S/C9H8Cl2N2O2/c1-5(14)13(9(12)15)6-2-3-7(10)8(11)4-6/h2-4H,1H3,(H2,12,15). The molecule has 0 spiro atoms. The number of benzene rings is 1. The van der Waals surface area contributed by atoms with E-state index >= 15 is 0 Å². The third-order valence-electron chi connectivity index (χ3n) is 1.70. The molecule has 0 aliphatic carbocycles. The highest BCUT2D eigenvalue weighted by molar-refractivity contribution is 6.42. The van der Waals surface area contributed by atoms with Gasteiger partial charge in [0.15, 0.2) is 0 Å². The van der Waals surface area contributed by atoms with E-state index in [-0.39, 0.29) is 5.02 Å². The van der Waals surface area contributed by atoms with Crippen LogP contribution in [0.2, 0.25) is 10.0 Å². The van der Waals surface area contributed by atoms with Crippen LogP contribution in [-0.2, 0) is 4.79 Å². The first-order valence-electron chi connectivity index (χ1n) is 3.98. The summed E-state index contributed by atoms with van der Waals surface area (Å²) in [5.41, 5.74) is 5.34. The maximum atomic E-state index is 11.1. The van der Waals surface area contributed by atoms with E-state index in [1.807, 2.05) is 0 Å². The second-order valence-electron chi connectivity index (χ2n) is 2.79. The van der Waals surface area contributed by atoms with Gasteiger partial charge in [0.25, 0.3) is 0 Å². The Morgan fingerprint density at radius 3 is 2.27 bits per heavy atom. The molecule has 2 N–H and O–H groups in total. The van der Waals surface area contributed by atoms with E-state index in [1.165, 1.54) is 25.1 Å². The molecule has 4 nitrogen and oxygen atoms in total. The van der Waals surface area contributed by atoms with Gasteiger partial charge < -0.3 is 5.73 Å². The average Bonchev–Trinajstić information content (AvgIpc) is 2.10. The number of imide groups is 1. The fraction of sp³-hybridized carbons (Fsp3) is 0.111. The zero-order valence-corrected chi connectivity index (χ0v) is 9.34. The molecule has 1 aromatic carbocycles.